The van der Waals surface area contributed by atoms with Crippen molar-refractivity contribution >= 4 is 21.1 Å². The van der Waals surface area contributed by atoms with E-state index in [9.17, 15) is 18.0 Å². The van der Waals surface area contributed by atoms with Gasteiger partial charge in [-0.2, -0.15) is 12.5 Å². The van der Waals surface area contributed by atoms with Crippen molar-refractivity contribution in [1.82, 2.24) is 18.3 Å². The van der Waals surface area contributed by atoms with Crippen LogP contribution in [0.1, 0.15) is 50.9 Å². The minimum Gasteiger partial charge on any atom is -0.273 e. The summed E-state index contributed by atoms with van der Waals surface area (Å²) >= 11 is 0. The summed E-state index contributed by atoms with van der Waals surface area (Å²) in [6, 6.07) is 4.33. The molecule has 0 bridgehead atoms. The van der Waals surface area contributed by atoms with Crippen molar-refractivity contribution in [2.24, 2.45) is 0 Å². The van der Waals surface area contributed by atoms with Gasteiger partial charge in [0.2, 0.25) is 0 Å². The van der Waals surface area contributed by atoms with E-state index in [0.29, 0.717) is 5.56 Å². The van der Waals surface area contributed by atoms with Gasteiger partial charge < -0.3 is 0 Å². The molecule has 28 heavy (non-hydrogen) atoms. The highest BCUT2D eigenvalue weighted by Crippen LogP contribution is 2.21. The standard InChI is InChI=1S/C19H24N4O4S/c1-11(2)22-17-15(18(24)23(12(3)4)19(22)25)10-21(20-17)28(26,27)16-8-7-13(5)9-14(16)6/h7-12H,1-6H3. The van der Waals surface area contributed by atoms with E-state index in [0.717, 1.165) is 14.2 Å². The first-order chi connectivity index (χ1) is 13.0. The Morgan fingerprint density at radius 1 is 0.964 bits per heavy atom. The molecule has 0 radical (unpaired) electrons. The van der Waals surface area contributed by atoms with Crippen molar-refractivity contribution in [2.75, 3.05) is 0 Å². The van der Waals surface area contributed by atoms with Crippen LogP contribution < -0.4 is 11.2 Å². The summed E-state index contributed by atoms with van der Waals surface area (Å²) in [5, 5.41) is 4.24. The Morgan fingerprint density at radius 3 is 2.11 bits per heavy atom. The van der Waals surface area contributed by atoms with Gasteiger partial charge in [-0.15, -0.1) is 5.10 Å². The predicted molar refractivity (Wildman–Crippen MR) is 108 cm³/mol. The fourth-order valence-corrected chi connectivity index (χ4v) is 4.67. The molecule has 1 aromatic carbocycles. The first-order valence-electron chi connectivity index (χ1n) is 9.06. The highest BCUT2D eigenvalue weighted by molar-refractivity contribution is 7.89. The lowest BCUT2D eigenvalue weighted by molar-refractivity contribution is 0.486. The van der Waals surface area contributed by atoms with E-state index in [4.69, 9.17) is 0 Å². The number of aromatic nitrogens is 4. The summed E-state index contributed by atoms with van der Waals surface area (Å²) in [5.74, 6) is 0. The summed E-state index contributed by atoms with van der Waals surface area (Å²) < 4.78 is 29.5. The zero-order valence-electron chi connectivity index (χ0n) is 16.8. The Kier molecular flexibility index (Phi) is 4.82. The fraction of sp³-hybridized carbons (Fsp3) is 0.421. The van der Waals surface area contributed by atoms with Crippen LogP contribution in [0.15, 0.2) is 38.9 Å². The van der Waals surface area contributed by atoms with E-state index in [2.05, 4.69) is 5.10 Å². The number of hydrogen-bond donors (Lipinski definition) is 0. The van der Waals surface area contributed by atoms with E-state index in [-0.39, 0.29) is 28.0 Å². The lowest BCUT2D eigenvalue weighted by Crippen LogP contribution is -2.41. The summed E-state index contributed by atoms with van der Waals surface area (Å²) in [5.41, 5.74) is 0.539. The van der Waals surface area contributed by atoms with Gasteiger partial charge in [-0.3, -0.25) is 13.9 Å². The highest BCUT2D eigenvalue weighted by Gasteiger charge is 2.25. The molecule has 8 nitrogen and oxygen atoms in total. The molecule has 0 saturated heterocycles. The van der Waals surface area contributed by atoms with E-state index < -0.39 is 21.3 Å². The second-order valence-electron chi connectivity index (χ2n) is 7.53. The third-order valence-electron chi connectivity index (χ3n) is 4.65. The summed E-state index contributed by atoms with van der Waals surface area (Å²) in [6.45, 7) is 10.6. The van der Waals surface area contributed by atoms with Crippen LogP contribution in [0.3, 0.4) is 0 Å². The van der Waals surface area contributed by atoms with Crippen LogP contribution in [0.25, 0.3) is 11.0 Å². The SMILES string of the molecule is Cc1ccc(S(=O)(=O)n2cc3c(=O)n(C(C)C)c(=O)n(C(C)C)c3n2)c(C)c1. The van der Waals surface area contributed by atoms with Crippen LogP contribution in [-0.4, -0.2) is 26.7 Å². The molecule has 2 heterocycles. The summed E-state index contributed by atoms with van der Waals surface area (Å²) in [7, 11) is -4.01. The van der Waals surface area contributed by atoms with Gasteiger partial charge in [-0.25, -0.2) is 4.79 Å². The zero-order valence-corrected chi connectivity index (χ0v) is 17.6. The van der Waals surface area contributed by atoms with E-state index >= 15 is 0 Å². The van der Waals surface area contributed by atoms with Gasteiger partial charge in [0.1, 0.15) is 5.39 Å². The van der Waals surface area contributed by atoms with Gasteiger partial charge in [-0.05, 0) is 53.2 Å². The maximum atomic E-state index is 13.1. The molecule has 2 aromatic heterocycles. The Balaban J connectivity index is 2.39. The Bertz CT molecular complexity index is 1290. The molecule has 0 unspecified atom stereocenters. The Hall–Kier alpha value is -2.68. The van der Waals surface area contributed by atoms with Crippen molar-refractivity contribution in [1.29, 1.82) is 0 Å². The number of benzene rings is 1. The minimum atomic E-state index is -4.01. The van der Waals surface area contributed by atoms with Gasteiger partial charge in [-0.1, -0.05) is 17.7 Å². The van der Waals surface area contributed by atoms with Crippen LogP contribution in [0.5, 0.6) is 0 Å². The molecule has 150 valence electrons. The van der Waals surface area contributed by atoms with Gasteiger partial charge in [0.25, 0.3) is 15.6 Å². The van der Waals surface area contributed by atoms with Gasteiger partial charge in [0.15, 0.2) is 5.65 Å². The van der Waals surface area contributed by atoms with E-state index in [1.165, 1.54) is 16.8 Å². The molecular weight excluding hydrogens is 380 g/mol. The maximum Gasteiger partial charge on any atom is 0.333 e. The molecule has 0 aliphatic heterocycles. The number of hydrogen-bond acceptors (Lipinski definition) is 5. The summed E-state index contributed by atoms with van der Waals surface area (Å²) in [6.07, 6.45) is 1.20. The normalized spacial score (nSPS) is 12.4. The Labute approximate surface area is 163 Å². The third kappa shape index (κ3) is 2.99. The minimum absolute atomic E-state index is 0.0650. The number of rotatable bonds is 4. The molecule has 0 N–H and O–H groups in total. The third-order valence-corrected chi connectivity index (χ3v) is 6.34. The van der Waals surface area contributed by atoms with Crippen molar-refractivity contribution in [3.63, 3.8) is 0 Å². The molecule has 9 heteroatoms. The zero-order chi connectivity index (χ0) is 21.0. The molecule has 0 aliphatic rings. The smallest absolute Gasteiger partial charge is 0.273 e. The molecular formula is C19H24N4O4S. The van der Waals surface area contributed by atoms with Crippen molar-refractivity contribution in [3.8, 4) is 0 Å². The van der Waals surface area contributed by atoms with Crippen LogP contribution in [0.2, 0.25) is 0 Å². The molecule has 0 saturated carbocycles. The van der Waals surface area contributed by atoms with Crippen molar-refractivity contribution in [2.45, 2.75) is 58.5 Å². The topological polar surface area (TPSA) is 96.0 Å². The molecule has 3 rings (SSSR count). The highest BCUT2D eigenvalue weighted by atomic mass is 32.2. The predicted octanol–water partition coefficient (Wildman–Crippen LogP) is 2.38. The van der Waals surface area contributed by atoms with Crippen LogP contribution in [0, 0.1) is 13.8 Å². The second kappa shape index (κ2) is 6.73. The van der Waals surface area contributed by atoms with E-state index in [1.807, 2.05) is 6.92 Å². The quantitative estimate of drug-likeness (QED) is 0.665. The van der Waals surface area contributed by atoms with Crippen LogP contribution in [0.4, 0.5) is 0 Å². The van der Waals surface area contributed by atoms with Crippen LogP contribution in [-0.2, 0) is 10.0 Å². The number of aryl methyl sites for hydroxylation is 2. The lowest BCUT2D eigenvalue weighted by atomic mass is 10.2. The largest absolute Gasteiger partial charge is 0.333 e. The van der Waals surface area contributed by atoms with Crippen LogP contribution >= 0.6 is 0 Å². The molecule has 0 aliphatic carbocycles. The molecule has 0 spiro atoms. The van der Waals surface area contributed by atoms with Crippen molar-refractivity contribution in [3.05, 3.63) is 56.4 Å². The fourth-order valence-electron chi connectivity index (χ4n) is 3.33. The maximum absolute atomic E-state index is 13.1. The number of nitrogens with zero attached hydrogens (tertiary/aromatic N) is 4. The first kappa shape index (κ1) is 20.1. The van der Waals surface area contributed by atoms with Gasteiger partial charge in [0.05, 0.1) is 11.1 Å². The van der Waals surface area contributed by atoms with E-state index in [1.54, 1.807) is 46.8 Å². The summed E-state index contributed by atoms with van der Waals surface area (Å²) in [4.78, 5) is 25.8. The molecule has 0 amide bonds. The van der Waals surface area contributed by atoms with Crippen molar-refractivity contribution < 1.29 is 8.42 Å². The monoisotopic (exact) mass is 404 g/mol. The van der Waals surface area contributed by atoms with Gasteiger partial charge in [0, 0.05) is 12.1 Å². The first-order valence-corrected chi connectivity index (χ1v) is 10.5. The molecule has 3 aromatic rings. The average Bonchev–Trinajstić information content (AvgIpc) is 2.99. The number of fused-ring (bicyclic) bond motifs is 1. The molecule has 0 fully saturated rings. The van der Waals surface area contributed by atoms with Gasteiger partial charge >= 0.3 is 5.69 Å². The average molecular weight is 404 g/mol. The lowest BCUT2D eigenvalue weighted by Gasteiger charge is -2.15. The Morgan fingerprint density at radius 2 is 1.57 bits per heavy atom. The molecule has 0 atom stereocenters. The second-order valence-corrected chi connectivity index (χ2v) is 9.29.